The van der Waals surface area contributed by atoms with Crippen molar-refractivity contribution in [2.75, 3.05) is 17.9 Å². The third-order valence-corrected chi connectivity index (χ3v) is 2.47. The molecule has 0 fully saturated rings. The molecule has 0 aliphatic rings. The third-order valence-electron chi connectivity index (χ3n) is 2.47. The number of hydrogen-bond donors (Lipinski definition) is 3. The van der Waals surface area contributed by atoms with Gasteiger partial charge in [0.05, 0.1) is 12.8 Å². The van der Waals surface area contributed by atoms with Gasteiger partial charge < -0.3 is 15.5 Å². The van der Waals surface area contributed by atoms with Crippen molar-refractivity contribution in [3.8, 4) is 5.75 Å². The molecule has 4 N–H and O–H groups in total. The van der Waals surface area contributed by atoms with E-state index >= 15 is 0 Å². The van der Waals surface area contributed by atoms with Gasteiger partial charge >= 0.3 is 0 Å². The molecule has 7 nitrogen and oxygen atoms in total. The largest absolute Gasteiger partial charge is 0.497 e. The lowest BCUT2D eigenvalue weighted by Gasteiger charge is -2.07. The van der Waals surface area contributed by atoms with Crippen LogP contribution in [0.3, 0.4) is 0 Å². The summed E-state index contributed by atoms with van der Waals surface area (Å²) >= 11 is 0. The first-order valence-electron chi connectivity index (χ1n) is 5.59. The van der Waals surface area contributed by atoms with Crippen LogP contribution in [0.25, 0.3) is 0 Å². The first-order chi connectivity index (χ1) is 9.63. The average Bonchev–Trinajstić information content (AvgIpc) is 2.49. The summed E-state index contributed by atoms with van der Waals surface area (Å²) in [5, 5.41) is 9.70. The van der Waals surface area contributed by atoms with E-state index in [1.807, 2.05) is 0 Å². The predicted molar refractivity (Wildman–Crippen MR) is 70.7 cm³/mol. The Kier molecular flexibility index (Phi) is 4.06. The van der Waals surface area contributed by atoms with E-state index in [0.29, 0.717) is 11.6 Å². The molecule has 0 unspecified atom stereocenters. The number of carbonyl (C=O) groups is 1. The molecule has 8 heteroatoms. The molecule has 20 heavy (non-hydrogen) atoms. The van der Waals surface area contributed by atoms with Crippen LogP contribution in [-0.4, -0.2) is 23.2 Å². The van der Waals surface area contributed by atoms with Gasteiger partial charge in [0.2, 0.25) is 0 Å². The van der Waals surface area contributed by atoms with Crippen LogP contribution >= 0.6 is 0 Å². The first kappa shape index (κ1) is 13.7. The number of rotatable bonds is 4. The van der Waals surface area contributed by atoms with Gasteiger partial charge in [0.15, 0.2) is 11.5 Å². The summed E-state index contributed by atoms with van der Waals surface area (Å²) < 4.78 is 18.5. The maximum atomic E-state index is 13.6. The fourth-order valence-electron chi connectivity index (χ4n) is 1.44. The Balaban J connectivity index is 2.18. The molecule has 0 atom stereocenters. The summed E-state index contributed by atoms with van der Waals surface area (Å²) in [5.74, 6) is 4.71. The molecule has 1 heterocycles. The molecule has 0 radical (unpaired) electrons. The molecule has 104 valence electrons. The van der Waals surface area contributed by atoms with Gasteiger partial charge in [-0.15, -0.1) is 10.2 Å². The van der Waals surface area contributed by atoms with Gasteiger partial charge in [0.25, 0.3) is 5.91 Å². The Bertz CT molecular complexity index is 618. The SMILES string of the molecule is COc1ccc(F)c(NC(=O)c2ccc(NN)nn2)c1. The third kappa shape index (κ3) is 2.98. The van der Waals surface area contributed by atoms with Crippen molar-refractivity contribution in [1.29, 1.82) is 0 Å². The van der Waals surface area contributed by atoms with Gasteiger partial charge in [-0.1, -0.05) is 0 Å². The number of aromatic nitrogens is 2. The minimum absolute atomic E-state index is 0.00261. The highest BCUT2D eigenvalue weighted by Gasteiger charge is 2.12. The van der Waals surface area contributed by atoms with E-state index in [2.05, 4.69) is 20.9 Å². The molecule has 0 aliphatic carbocycles. The number of halogens is 1. The molecule has 2 aromatic rings. The van der Waals surface area contributed by atoms with Crippen LogP contribution in [0, 0.1) is 5.82 Å². The second kappa shape index (κ2) is 5.93. The van der Waals surface area contributed by atoms with E-state index < -0.39 is 11.7 Å². The molecular weight excluding hydrogens is 265 g/mol. The van der Waals surface area contributed by atoms with E-state index in [4.69, 9.17) is 10.6 Å². The number of methoxy groups -OCH3 is 1. The number of carbonyl (C=O) groups excluding carboxylic acids is 1. The van der Waals surface area contributed by atoms with E-state index in [9.17, 15) is 9.18 Å². The number of amides is 1. The van der Waals surface area contributed by atoms with Crippen LogP contribution in [-0.2, 0) is 0 Å². The normalized spacial score (nSPS) is 9.95. The monoisotopic (exact) mass is 277 g/mol. The van der Waals surface area contributed by atoms with Crippen molar-refractivity contribution in [3.05, 3.63) is 41.8 Å². The summed E-state index contributed by atoms with van der Waals surface area (Å²) in [4.78, 5) is 11.9. The van der Waals surface area contributed by atoms with Gasteiger partial charge in [0.1, 0.15) is 11.6 Å². The Morgan fingerprint density at radius 3 is 2.70 bits per heavy atom. The van der Waals surface area contributed by atoms with Crippen molar-refractivity contribution in [2.45, 2.75) is 0 Å². The quantitative estimate of drug-likeness (QED) is 0.572. The Labute approximate surface area is 113 Å². The Morgan fingerprint density at radius 1 is 1.30 bits per heavy atom. The smallest absolute Gasteiger partial charge is 0.276 e. The molecule has 1 aromatic heterocycles. The molecule has 1 aromatic carbocycles. The zero-order chi connectivity index (χ0) is 14.5. The summed E-state index contributed by atoms with van der Waals surface area (Å²) in [6.45, 7) is 0. The van der Waals surface area contributed by atoms with E-state index in [0.717, 1.165) is 0 Å². The van der Waals surface area contributed by atoms with Gasteiger partial charge in [0, 0.05) is 6.07 Å². The highest BCUT2D eigenvalue weighted by atomic mass is 19.1. The van der Waals surface area contributed by atoms with Crippen LogP contribution in [0.15, 0.2) is 30.3 Å². The zero-order valence-electron chi connectivity index (χ0n) is 10.6. The lowest BCUT2D eigenvalue weighted by Crippen LogP contribution is -2.16. The van der Waals surface area contributed by atoms with Crippen LogP contribution in [0.1, 0.15) is 10.5 Å². The van der Waals surface area contributed by atoms with Crippen LogP contribution < -0.4 is 21.3 Å². The van der Waals surface area contributed by atoms with Crippen molar-refractivity contribution < 1.29 is 13.9 Å². The molecule has 2 rings (SSSR count). The summed E-state index contributed by atoms with van der Waals surface area (Å²) in [5.41, 5.74) is 2.32. The molecule has 0 aliphatic heterocycles. The number of anilines is 2. The highest BCUT2D eigenvalue weighted by Crippen LogP contribution is 2.21. The predicted octanol–water partition coefficient (Wildman–Crippen LogP) is 1.16. The number of nitrogens with two attached hydrogens (primary N) is 1. The summed E-state index contributed by atoms with van der Waals surface area (Å²) in [7, 11) is 1.45. The van der Waals surface area contributed by atoms with Crippen LogP contribution in [0.4, 0.5) is 15.9 Å². The van der Waals surface area contributed by atoms with Gasteiger partial charge in [-0.3, -0.25) is 4.79 Å². The lowest BCUT2D eigenvalue weighted by molar-refractivity contribution is 0.102. The van der Waals surface area contributed by atoms with Crippen molar-refractivity contribution in [1.82, 2.24) is 10.2 Å². The second-order valence-corrected chi connectivity index (χ2v) is 3.75. The number of hydrogen-bond acceptors (Lipinski definition) is 6. The van der Waals surface area contributed by atoms with Gasteiger partial charge in [-0.2, -0.15) is 0 Å². The van der Waals surface area contributed by atoms with Crippen LogP contribution in [0.5, 0.6) is 5.75 Å². The number of benzene rings is 1. The highest BCUT2D eigenvalue weighted by molar-refractivity contribution is 6.02. The summed E-state index contributed by atoms with van der Waals surface area (Å²) in [6, 6.07) is 6.91. The topological polar surface area (TPSA) is 102 Å². The Morgan fingerprint density at radius 2 is 2.10 bits per heavy atom. The number of ether oxygens (including phenoxy) is 1. The number of nitrogens with zero attached hydrogens (tertiary/aromatic N) is 2. The minimum Gasteiger partial charge on any atom is -0.497 e. The maximum absolute atomic E-state index is 13.6. The fraction of sp³-hybridized carbons (Fsp3) is 0.0833. The molecule has 1 amide bonds. The lowest BCUT2D eigenvalue weighted by atomic mass is 10.2. The number of nitrogen functional groups attached to an aromatic ring is 1. The molecular formula is C12H12FN5O2. The van der Waals surface area contributed by atoms with Gasteiger partial charge in [-0.05, 0) is 24.3 Å². The fourth-order valence-corrected chi connectivity index (χ4v) is 1.44. The molecule has 0 saturated heterocycles. The Hall–Kier alpha value is -2.74. The van der Waals surface area contributed by atoms with Crippen molar-refractivity contribution >= 4 is 17.4 Å². The van der Waals surface area contributed by atoms with Crippen molar-refractivity contribution in [3.63, 3.8) is 0 Å². The standard InChI is InChI=1S/C12H12FN5O2/c1-20-7-2-3-8(13)10(6-7)15-12(19)9-4-5-11(16-14)18-17-9/h2-6H,14H2,1H3,(H,15,19)(H,16,18). The van der Waals surface area contributed by atoms with Crippen molar-refractivity contribution in [2.24, 2.45) is 5.84 Å². The maximum Gasteiger partial charge on any atom is 0.276 e. The molecule has 0 saturated carbocycles. The molecule has 0 spiro atoms. The summed E-state index contributed by atoms with van der Waals surface area (Å²) in [6.07, 6.45) is 0. The van der Waals surface area contributed by atoms with Gasteiger partial charge in [-0.25, -0.2) is 10.2 Å². The zero-order valence-corrected chi connectivity index (χ0v) is 10.6. The number of hydrazine groups is 1. The van der Waals surface area contributed by atoms with E-state index in [1.54, 1.807) is 0 Å². The first-order valence-corrected chi connectivity index (χ1v) is 5.59. The van der Waals surface area contributed by atoms with E-state index in [1.165, 1.54) is 37.4 Å². The second-order valence-electron chi connectivity index (χ2n) is 3.75. The van der Waals surface area contributed by atoms with E-state index in [-0.39, 0.29) is 11.4 Å². The minimum atomic E-state index is -0.590. The van der Waals surface area contributed by atoms with Crippen LogP contribution in [0.2, 0.25) is 0 Å². The molecule has 0 bridgehead atoms. The average molecular weight is 277 g/mol. The number of nitrogens with one attached hydrogen (secondary N) is 2.